The number of aryl methyl sites for hydroxylation is 2. The molecule has 18 heavy (non-hydrogen) atoms. The van der Waals surface area contributed by atoms with Gasteiger partial charge >= 0.3 is 0 Å². The van der Waals surface area contributed by atoms with Crippen molar-refractivity contribution in [1.29, 1.82) is 0 Å². The second-order valence-corrected chi connectivity index (χ2v) is 4.84. The van der Waals surface area contributed by atoms with Gasteiger partial charge in [0.1, 0.15) is 5.82 Å². The molecule has 1 aromatic heterocycles. The van der Waals surface area contributed by atoms with Gasteiger partial charge in [-0.05, 0) is 18.1 Å². The molecule has 0 saturated carbocycles. The van der Waals surface area contributed by atoms with Crippen LogP contribution in [-0.2, 0) is 26.7 Å². The zero-order valence-electron chi connectivity index (χ0n) is 10.8. The molecule has 94 valence electrons. The van der Waals surface area contributed by atoms with Crippen LogP contribution in [0.5, 0.6) is 0 Å². The first-order valence-electron chi connectivity index (χ1n) is 6.25. The summed E-state index contributed by atoms with van der Waals surface area (Å²) in [4.78, 5) is 2.35. The Balaban J connectivity index is 2.00. The first-order chi connectivity index (χ1) is 8.70. The van der Waals surface area contributed by atoms with Crippen LogP contribution in [0.1, 0.15) is 22.4 Å². The lowest BCUT2D eigenvalue weighted by molar-refractivity contribution is 0.713. The van der Waals surface area contributed by atoms with Crippen molar-refractivity contribution in [2.45, 2.75) is 26.6 Å². The number of aromatic nitrogens is 2. The van der Waals surface area contributed by atoms with Gasteiger partial charge in [0.2, 0.25) is 0 Å². The monoisotopic (exact) mass is 242 g/mol. The molecular formula is C14H18N4. The molecule has 0 atom stereocenters. The predicted octanol–water partition coefficient (Wildman–Crippen LogP) is 1.71. The van der Waals surface area contributed by atoms with E-state index in [1.807, 2.05) is 18.7 Å². The zero-order chi connectivity index (χ0) is 12.7. The van der Waals surface area contributed by atoms with E-state index in [2.05, 4.69) is 34.3 Å². The highest BCUT2D eigenvalue weighted by atomic mass is 15.4. The number of fused-ring (bicyclic) bond motifs is 1. The molecule has 2 heterocycles. The van der Waals surface area contributed by atoms with Crippen molar-refractivity contribution in [2.75, 3.05) is 4.90 Å². The summed E-state index contributed by atoms with van der Waals surface area (Å²) >= 11 is 0. The summed E-state index contributed by atoms with van der Waals surface area (Å²) in [6.07, 6.45) is 0. The average Bonchev–Trinajstić information content (AvgIpc) is 2.88. The summed E-state index contributed by atoms with van der Waals surface area (Å²) in [5, 5.41) is 4.48. The number of benzene rings is 1. The number of hydrogen-bond donors (Lipinski definition) is 1. The molecule has 0 unspecified atom stereocenters. The molecule has 4 nitrogen and oxygen atoms in total. The van der Waals surface area contributed by atoms with Gasteiger partial charge in [0, 0.05) is 32.2 Å². The van der Waals surface area contributed by atoms with Crippen molar-refractivity contribution in [3.05, 3.63) is 46.6 Å². The van der Waals surface area contributed by atoms with Gasteiger partial charge in [-0.3, -0.25) is 4.68 Å². The quantitative estimate of drug-likeness (QED) is 0.872. The molecule has 0 amide bonds. The van der Waals surface area contributed by atoms with Crippen LogP contribution in [-0.4, -0.2) is 9.78 Å². The molecule has 1 aliphatic heterocycles. The first-order valence-corrected chi connectivity index (χ1v) is 6.25. The Hall–Kier alpha value is -1.81. The second kappa shape index (κ2) is 4.14. The van der Waals surface area contributed by atoms with E-state index < -0.39 is 0 Å². The van der Waals surface area contributed by atoms with Crippen molar-refractivity contribution in [1.82, 2.24) is 9.78 Å². The Morgan fingerprint density at radius 3 is 2.39 bits per heavy atom. The van der Waals surface area contributed by atoms with Gasteiger partial charge < -0.3 is 10.6 Å². The molecule has 1 aromatic carbocycles. The summed E-state index contributed by atoms with van der Waals surface area (Å²) in [5.41, 5.74) is 10.9. The molecule has 0 fully saturated rings. The fourth-order valence-electron chi connectivity index (χ4n) is 2.81. The summed E-state index contributed by atoms with van der Waals surface area (Å²) in [5.74, 6) is 1.16. The van der Waals surface area contributed by atoms with E-state index in [1.165, 1.54) is 11.1 Å². The smallest absolute Gasteiger partial charge is 0.131 e. The molecule has 2 N–H and O–H groups in total. The minimum atomic E-state index is 0.544. The van der Waals surface area contributed by atoms with Crippen molar-refractivity contribution in [2.24, 2.45) is 12.8 Å². The highest BCUT2D eigenvalue weighted by Crippen LogP contribution is 2.31. The van der Waals surface area contributed by atoms with Gasteiger partial charge in [-0.25, -0.2) is 0 Å². The van der Waals surface area contributed by atoms with E-state index in [0.717, 1.165) is 30.2 Å². The summed E-state index contributed by atoms with van der Waals surface area (Å²) in [6.45, 7) is 4.46. The lowest BCUT2D eigenvalue weighted by atomic mass is 10.1. The highest BCUT2D eigenvalue weighted by Gasteiger charge is 2.24. The van der Waals surface area contributed by atoms with E-state index in [9.17, 15) is 0 Å². The van der Waals surface area contributed by atoms with Crippen LogP contribution in [0.2, 0.25) is 0 Å². The Labute approximate surface area is 107 Å². The molecule has 0 aliphatic carbocycles. The van der Waals surface area contributed by atoms with Gasteiger partial charge in [0.05, 0.1) is 5.69 Å². The van der Waals surface area contributed by atoms with Crippen LogP contribution in [0.15, 0.2) is 24.3 Å². The number of anilines is 1. The molecule has 0 radical (unpaired) electrons. The van der Waals surface area contributed by atoms with Crippen LogP contribution < -0.4 is 10.6 Å². The second-order valence-electron chi connectivity index (χ2n) is 4.84. The maximum Gasteiger partial charge on any atom is 0.131 e. The van der Waals surface area contributed by atoms with Crippen LogP contribution in [0.25, 0.3) is 0 Å². The number of hydrogen-bond acceptors (Lipinski definition) is 3. The lowest BCUT2D eigenvalue weighted by Gasteiger charge is -2.19. The summed E-state index contributed by atoms with van der Waals surface area (Å²) < 4.78 is 1.95. The van der Waals surface area contributed by atoms with Gasteiger partial charge in [-0.2, -0.15) is 5.10 Å². The molecule has 4 heteroatoms. The third-order valence-corrected chi connectivity index (χ3v) is 3.66. The molecule has 0 spiro atoms. The van der Waals surface area contributed by atoms with Crippen LogP contribution >= 0.6 is 0 Å². The molecule has 2 aromatic rings. The van der Waals surface area contributed by atoms with E-state index >= 15 is 0 Å². The van der Waals surface area contributed by atoms with Gasteiger partial charge in [0.25, 0.3) is 0 Å². The normalized spacial score (nSPS) is 14.1. The van der Waals surface area contributed by atoms with Gasteiger partial charge in [-0.1, -0.05) is 24.3 Å². The molecule has 0 saturated heterocycles. The topological polar surface area (TPSA) is 47.1 Å². The maximum atomic E-state index is 5.86. The van der Waals surface area contributed by atoms with Crippen LogP contribution in [0, 0.1) is 6.92 Å². The largest absolute Gasteiger partial charge is 0.348 e. The maximum absolute atomic E-state index is 5.86. The molecular weight excluding hydrogens is 224 g/mol. The lowest BCUT2D eigenvalue weighted by Crippen LogP contribution is -2.20. The Bertz CT molecular complexity index is 560. The molecule has 0 bridgehead atoms. The predicted molar refractivity (Wildman–Crippen MR) is 72.2 cm³/mol. The van der Waals surface area contributed by atoms with Crippen molar-refractivity contribution in [3.63, 3.8) is 0 Å². The first kappa shape index (κ1) is 11.3. The van der Waals surface area contributed by atoms with Crippen molar-refractivity contribution >= 4 is 5.82 Å². The van der Waals surface area contributed by atoms with Crippen molar-refractivity contribution in [3.8, 4) is 0 Å². The zero-order valence-corrected chi connectivity index (χ0v) is 10.8. The minimum Gasteiger partial charge on any atom is -0.348 e. The van der Waals surface area contributed by atoms with Gasteiger partial charge in [0.15, 0.2) is 0 Å². The third kappa shape index (κ3) is 1.61. The number of nitrogens with two attached hydrogens (primary N) is 1. The minimum absolute atomic E-state index is 0.544. The highest BCUT2D eigenvalue weighted by molar-refractivity contribution is 5.54. The van der Waals surface area contributed by atoms with E-state index in [1.54, 1.807) is 0 Å². The SMILES string of the molecule is Cc1nn(C)c(N2Cc3ccccc3C2)c1CN. The Kier molecular flexibility index (Phi) is 2.59. The van der Waals surface area contributed by atoms with E-state index in [4.69, 9.17) is 5.73 Å². The molecule has 1 aliphatic rings. The number of nitrogens with zero attached hydrogens (tertiary/aromatic N) is 3. The number of rotatable bonds is 2. The fourth-order valence-corrected chi connectivity index (χ4v) is 2.81. The fraction of sp³-hybridized carbons (Fsp3) is 0.357. The Morgan fingerprint density at radius 2 is 1.83 bits per heavy atom. The summed E-state index contributed by atoms with van der Waals surface area (Å²) in [6, 6.07) is 8.59. The van der Waals surface area contributed by atoms with E-state index in [0.29, 0.717) is 6.54 Å². The van der Waals surface area contributed by atoms with E-state index in [-0.39, 0.29) is 0 Å². The van der Waals surface area contributed by atoms with Crippen molar-refractivity contribution < 1.29 is 0 Å². The average molecular weight is 242 g/mol. The Morgan fingerprint density at radius 1 is 1.22 bits per heavy atom. The summed E-state index contributed by atoms with van der Waals surface area (Å²) in [7, 11) is 1.99. The van der Waals surface area contributed by atoms with Crippen LogP contribution in [0.3, 0.4) is 0 Å². The molecule has 3 rings (SSSR count). The standard InChI is InChI=1S/C14H18N4/c1-10-13(7-15)14(17(2)16-10)18-8-11-5-3-4-6-12(11)9-18/h3-6H,7-9,15H2,1-2H3. The van der Waals surface area contributed by atoms with Gasteiger partial charge in [-0.15, -0.1) is 0 Å². The van der Waals surface area contributed by atoms with Crippen LogP contribution in [0.4, 0.5) is 5.82 Å². The third-order valence-electron chi connectivity index (χ3n) is 3.66.